The number of hydrogen-bond acceptors (Lipinski definition) is 3. The molecule has 2 N–H and O–H groups in total. The second-order valence-corrected chi connectivity index (χ2v) is 5.40. The normalized spacial score (nSPS) is 17.8. The molecule has 1 saturated heterocycles. The molecule has 1 aliphatic heterocycles. The van der Waals surface area contributed by atoms with Gasteiger partial charge in [-0.1, -0.05) is 18.5 Å². The number of aliphatic hydroxyl groups excluding tert-OH is 1. The first kappa shape index (κ1) is 13.5. The van der Waals surface area contributed by atoms with Gasteiger partial charge in [-0.25, -0.2) is 0 Å². The molecule has 0 spiro atoms. The fraction of sp³-hybridized carbons (Fsp3) is 0.571. The zero-order valence-electron chi connectivity index (χ0n) is 10.7. The maximum Gasteiger partial charge on any atom is 0.121 e. The summed E-state index contributed by atoms with van der Waals surface area (Å²) in [4.78, 5) is 2.22. The predicted octanol–water partition coefficient (Wildman–Crippen LogP) is 3.13. The molecule has 1 atom stereocenters. The third kappa shape index (κ3) is 2.73. The van der Waals surface area contributed by atoms with Crippen molar-refractivity contribution < 1.29 is 10.2 Å². The molecule has 0 aromatic heterocycles. The highest BCUT2D eigenvalue weighted by molar-refractivity contribution is 6.33. The van der Waals surface area contributed by atoms with E-state index in [1.54, 1.807) is 12.1 Å². The van der Waals surface area contributed by atoms with Crippen molar-refractivity contribution in [2.24, 2.45) is 0 Å². The topological polar surface area (TPSA) is 43.7 Å². The smallest absolute Gasteiger partial charge is 0.121 e. The monoisotopic (exact) mass is 269 g/mol. The summed E-state index contributed by atoms with van der Waals surface area (Å²) in [7, 11) is 0. The number of nitrogens with zero attached hydrogens (tertiary/aromatic N) is 1. The number of rotatable bonds is 3. The molecular weight excluding hydrogens is 250 g/mol. The number of phenols is 1. The third-order valence-electron chi connectivity index (χ3n) is 3.60. The molecular formula is C14H20ClNO2. The maximum atomic E-state index is 10.1. The van der Waals surface area contributed by atoms with E-state index >= 15 is 0 Å². The van der Waals surface area contributed by atoms with Crippen molar-refractivity contribution in [2.45, 2.75) is 32.1 Å². The van der Waals surface area contributed by atoms with Crippen molar-refractivity contribution in [1.29, 1.82) is 0 Å². The van der Waals surface area contributed by atoms with Crippen molar-refractivity contribution in [2.75, 3.05) is 24.6 Å². The minimum atomic E-state index is -0.0992. The molecule has 1 heterocycles. The number of aliphatic hydroxyl groups is 1. The molecule has 3 nitrogen and oxygen atoms in total. The van der Waals surface area contributed by atoms with E-state index in [0.717, 1.165) is 18.8 Å². The number of aromatic hydroxyl groups is 1. The number of piperidine rings is 1. The minimum absolute atomic E-state index is 0.00689. The van der Waals surface area contributed by atoms with Crippen LogP contribution in [0, 0.1) is 0 Å². The van der Waals surface area contributed by atoms with Gasteiger partial charge in [0.15, 0.2) is 0 Å². The highest BCUT2D eigenvalue weighted by Crippen LogP contribution is 2.37. The summed E-state index contributed by atoms with van der Waals surface area (Å²) in [5.74, 6) is 0.124. The molecule has 1 aromatic rings. The Morgan fingerprint density at radius 2 is 1.94 bits per heavy atom. The average Bonchev–Trinajstić information content (AvgIpc) is 2.41. The molecule has 1 fully saturated rings. The van der Waals surface area contributed by atoms with E-state index in [4.69, 9.17) is 16.7 Å². The van der Waals surface area contributed by atoms with E-state index in [2.05, 4.69) is 4.90 Å². The van der Waals surface area contributed by atoms with Crippen LogP contribution in [0.3, 0.4) is 0 Å². The van der Waals surface area contributed by atoms with Crippen LogP contribution in [-0.4, -0.2) is 29.9 Å². The third-order valence-corrected chi connectivity index (χ3v) is 3.90. The van der Waals surface area contributed by atoms with Gasteiger partial charge in [-0.2, -0.15) is 0 Å². The van der Waals surface area contributed by atoms with E-state index in [1.807, 2.05) is 6.92 Å². The molecule has 0 saturated carbocycles. The number of anilines is 1. The molecule has 18 heavy (non-hydrogen) atoms. The lowest BCUT2D eigenvalue weighted by Crippen LogP contribution is -2.29. The summed E-state index contributed by atoms with van der Waals surface area (Å²) < 4.78 is 0. The highest BCUT2D eigenvalue weighted by atomic mass is 35.5. The predicted molar refractivity (Wildman–Crippen MR) is 74.7 cm³/mol. The van der Waals surface area contributed by atoms with Crippen LogP contribution in [0.25, 0.3) is 0 Å². The summed E-state index contributed by atoms with van der Waals surface area (Å²) >= 11 is 6.30. The van der Waals surface area contributed by atoms with Gasteiger partial charge in [-0.05, 0) is 25.3 Å². The van der Waals surface area contributed by atoms with Gasteiger partial charge in [0, 0.05) is 37.2 Å². The van der Waals surface area contributed by atoms with Gasteiger partial charge in [-0.3, -0.25) is 0 Å². The Kier molecular flexibility index (Phi) is 4.36. The van der Waals surface area contributed by atoms with Gasteiger partial charge in [-0.15, -0.1) is 0 Å². The van der Waals surface area contributed by atoms with Crippen LogP contribution in [0.4, 0.5) is 5.69 Å². The molecule has 0 aliphatic carbocycles. The minimum Gasteiger partial charge on any atom is -0.508 e. The largest absolute Gasteiger partial charge is 0.508 e. The van der Waals surface area contributed by atoms with E-state index in [1.165, 1.54) is 19.3 Å². The van der Waals surface area contributed by atoms with Crippen molar-refractivity contribution in [1.82, 2.24) is 0 Å². The standard InChI is InChI=1S/C14H20ClNO2/c1-10(9-17)11-7-12(15)13(8-14(11)18)16-5-3-2-4-6-16/h7-8,10,17-18H,2-6,9H2,1H3. The molecule has 4 heteroatoms. The van der Waals surface area contributed by atoms with Crippen LogP contribution in [0.15, 0.2) is 12.1 Å². The van der Waals surface area contributed by atoms with Gasteiger partial charge in [0.2, 0.25) is 0 Å². The lowest BCUT2D eigenvalue weighted by Gasteiger charge is -2.30. The van der Waals surface area contributed by atoms with Gasteiger partial charge in [0.25, 0.3) is 0 Å². The van der Waals surface area contributed by atoms with E-state index < -0.39 is 0 Å². The maximum absolute atomic E-state index is 10.1. The molecule has 1 aliphatic rings. The molecule has 0 radical (unpaired) electrons. The van der Waals surface area contributed by atoms with E-state index in [0.29, 0.717) is 10.6 Å². The van der Waals surface area contributed by atoms with Crippen molar-refractivity contribution >= 4 is 17.3 Å². The van der Waals surface area contributed by atoms with Crippen molar-refractivity contribution in [3.05, 3.63) is 22.7 Å². The lowest BCUT2D eigenvalue weighted by atomic mass is 10.00. The van der Waals surface area contributed by atoms with Gasteiger partial charge in [0.05, 0.1) is 10.7 Å². The Morgan fingerprint density at radius 3 is 2.56 bits per heavy atom. The lowest BCUT2D eigenvalue weighted by molar-refractivity contribution is 0.270. The Balaban J connectivity index is 2.30. The zero-order valence-corrected chi connectivity index (χ0v) is 11.5. The zero-order chi connectivity index (χ0) is 13.1. The second-order valence-electron chi connectivity index (χ2n) is 4.99. The fourth-order valence-corrected chi connectivity index (χ4v) is 2.73. The molecule has 0 bridgehead atoms. The summed E-state index contributed by atoms with van der Waals surface area (Å²) in [6, 6.07) is 3.51. The van der Waals surface area contributed by atoms with Crippen LogP contribution < -0.4 is 4.90 Å². The number of benzene rings is 1. The molecule has 100 valence electrons. The Labute approximate surface area is 113 Å². The molecule has 1 aromatic carbocycles. The summed E-state index contributed by atoms with van der Waals surface area (Å²) in [5, 5.41) is 19.9. The Bertz CT molecular complexity index is 417. The van der Waals surface area contributed by atoms with Crippen LogP contribution in [-0.2, 0) is 0 Å². The van der Waals surface area contributed by atoms with E-state index in [-0.39, 0.29) is 18.3 Å². The van der Waals surface area contributed by atoms with Crippen molar-refractivity contribution in [3.63, 3.8) is 0 Å². The van der Waals surface area contributed by atoms with Gasteiger partial charge >= 0.3 is 0 Å². The first-order chi connectivity index (χ1) is 8.63. The van der Waals surface area contributed by atoms with Gasteiger partial charge < -0.3 is 15.1 Å². The molecule has 1 unspecified atom stereocenters. The van der Waals surface area contributed by atoms with Gasteiger partial charge in [0.1, 0.15) is 5.75 Å². The molecule has 2 rings (SSSR count). The average molecular weight is 270 g/mol. The number of hydrogen-bond donors (Lipinski definition) is 2. The first-order valence-corrected chi connectivity index (χ1v) is 6.89. The van der Waals surface area contributed by atoms with E-state index in [9.17, 15) is 5.11 Å². The fourth-order valence-electron chi connectivity index (χ4n) is 2.44. The first-order valence-electron chi connectivity index (χ1n) is 6.51. The van der Waals surface area contributed by atoms with Crippen LogP contribution in [0.2, 0.25) is 5.02 Å². The summed E-state index contributed by atoms with van der Waals surface area (Å²) in [6.07, 6.45) is 3.61. The second kappa shape index (κ2) is 5.81. The quantitative estimate of drug-likeness (QED) is 0.886. The molecule has 0 amide bonds. The van der Waals surface area contributed by atoms with Crippen molar-refractivity contribution in [3.8, 4) is 5.75 Å². The van der Waals surface area contributed by atoms with Crippen LogP contribution in [0.5, 0.6) is 5.75 Å². The number of halogens is 1. The highest BCUT2D eigenvalue weighted by Gasteiger charge is 2.18. The summed E-state index contributed by atoms with van der Waals surface area (Å²) in [5.41, 5.74) is 1.62. The van der Waals surface area contributed by atoms with Crippen LogP contribution >= 0.6 is 11.6 Å². The number of phenolic OH excluding ortho intramolecular Hbond substituents is 1. The Morgan fingerprint density at radius 1 is 1.28 bits per heavy atom. The SMILES string of the molecule is CC(CO)c1cc(Cl)c(N2CCCCC2)cc1O. The Hall–Kier alpha value is -0.930. The van der Waals surface area contributed by atoms with Crippen LogP contribution in [0.1, 0.15) is 37.7 Å². The summed E-state index contributed by atoms with van der Waals surface area (Å²) in [6.45, 7) is 3.86.